The van der Waals surface area contributed by atoms with Crippen LogP contribution in [-0.2, 0) is 17.8 Å². The average molecular weight is 713 g/mol. The van der Waals surface area contributed by atoms with Crippen molar-refractivity contribution in [2.45, 2.75) is 32.2 Å². The molecule has 4 aromatic carbocycles. The fourth-order valence-electron chi connectivity index (χ4n) is 5.77. The molecule has 2 aliphatic rings. The van der Waals surface area contributed by atoms with E-state index in [1.807, 2.05) is 43.3 Å². The molecule has 8 rings (SSSR count). The summed E-state index contributed by atoms with van der Waals surface area (Å²) in [5.41, 5.74) is 4.13. The molecule has 0 radical (unpaired) electrons. The largest absolute Gasteiger partial charge is 0.490 e. The Morgan fingerprint density at radius 1 is 1.04 bits per heavy atom. The van der Waals surface area contributed by atoms with Crippen molar-refractivity contribution in [1.29, 1.82) is 0 Å². The Kier molecular flexibility index (Phi) is 9.53. The summed E-state index contributed by atoms with van der Waals surface area (Å²) in [5, 5.41) is 21.5. The van der Waals surface area contributed by atoms with Crippen LogP contribution in [0.3, 0.4) is 0 Å². The quantitative estimate of drug-likeness (QED) is 0.178. The molecule has 0 fully saturated rings. The maximum Gasteiger partial charge on any atom is 0.345 e. The molecule has 2 atom stereocenters. The molecule has 6 aromatic rings. The van der Waals surface area contributed by atoms with Crippen LogP contribution in [0.15, 0.2) is 91.3 Å². The Hall–Kier alpha value is -5.23. The molecule has 0 saturated heterocycles. The standard InChI is InChI=1S/C38H30ClFN2O7S/c1-21-28-12-14-30(34(21)39)48-27(17-43)19-46-26-11-13-29(47-18-22-5-3-2-4-6-22)24(15-26)16-31(38(44)45)49-36-33-32(28)35(50-37(33)42-20-41-36)23-7-9-25(40)10-8-23/h2-15,20,27,31,43H,16-19H2,1H3,(H,44,45)/t27-,31-/m1/s1. The molecule has 2 N–H and O–H groups in total. The summed E-state index contributed by atoms with van der Waals surface area (Å²) >= 11 is 8.26. The van der Waals surface area contributed by atoms with Crippen molar-refractivity contribution < 1.29 is 38.3 Å². The number of aliphatic hydroxyl groups excluding tert-OH is 1. The number of hydrogen-bond acceptors (Lipinski definition) is 9. The van der Waals surface area contributed by atoms with E-state index in [1.165, 1.54) is 29.8 Å². The number of nitrogens with zero attached hydrogens (tertiary/aromatic N) is 2. The third-order valence-electron chi connectivity index (χ3n) is 8.32. The molecule has 0 unspecified atom stereocenters. The van der Waals surface area contributed by atoms with Gasteiger partial charge in [0, 0.05) is 22.4 Å². The van der Waals surface area contributed by atoms with Crippen molar-refractivity contribution in [3.05, 3.63) is 119 Å². The van der Waals surface area contributed by atoms with Crippen LogP contribution in [0.5, 0.6) is 23.1 Å². The van der Waals surface area contributed by atoms with Gasteiger partial charge in [-0.05, 0) is 65.6 Å². The first-order chi connectivity index (χ1) is 24.3. The smallest absolute Gasteiger partial charge is 0.345 e. The van der Waals surface area contributed by atoms with Crippen LogP contribution in [0.2, 0.25) is 5.02 Å². The lowest BCUT2D eigenvalue weighted by molar-refractivity contribution is -0.145. The van der Waals surface area contributed by atoms with Gasteiger partial charge < -0.3 is 29.2 Å². The van der Waals surface area contributed by atoms with Crippen molar-refractivity contribution in [3.63, 3.8) is 0 Å². The number of halogens is 2. The number of hydrogen-bond donors (Lipinski definition) is 2. The second-order valence-electron chi connectivity index (χ2n) is 11.6. The number of aliphatic carboxylic acids is 1. The highest BCUT2D eigenvalue weighted by Gasteiger charge is 2.29. The summed E-state index contributed by atoms with van der Waals surface area (Å²) in [4.78, 5) is 23.1. The van der Waals surface area contributed by atoms with E-state index in [0.717, 1.165) is 10.4 Å². The predicted molar refractivity (Wildman–Crippen MR) is 188 cm³/mol. The van der Waals surface area contributed by atoms with Gasteiger partial charge in [-0.2, -0.15) is 0 Å². The first-order valence-corrected chi connectivity index (χ1v) is 16.9. The Labute approximate surface area is 295 Å². The molecule has 4 bridgehead atoms. The van der Waals surface area contributed by atoms with Gasteiger partial charge >= 0.3 is 5.97 Å². The van der Waals surface area contributed by atoms with Gasteiger partial charge in [-0.1, -0.05) is 60.1 Å². The number of carbonyl (C=O) groups is 1. The zero-order valence-electron chi connectivity index (χ0n) is 26.6. The first kappa shape index (κ1) is 33.3. The van der Waals surface area contributed by atoms with Crippen LogP contribution in [0.25, 0.3) is 31.8 Å². The molecule has 254 valence electrons. The molecule has 2 aliphatic heterocycles. The molecule has 0 saturated carbocycles. The van der Waals surface area contributed by atoms with E-state index in [2.05, 4.69) is 9.97 Å². The second kappa shape index (κ2) is 14.3. The Morgan fingerprint density at radius 3 is 2.60 bits per heavy atom. The summed E-state index contributed by atoms with van der Waals surface area (Å²) in [6, 6.07) is 24.3. The fraction of sp³-hybridized carbons (Fsp3) is 0.184. The number of aromatic nitrogens is 2. The van der Waals surface area contributed by atoms with Crippen LogP contribution in [0.1, 0.15) is 16.7 Å². The number of benzene rings is 4. The fourth-order valence-corrected chi connectivity index (χ4v) is 7.13. The lowest BCUT2D eigenvalue weighted by atomic mass is 9.96. The highest BCUT2D eigenvalue weighted by molar-refractivity contribution is 7.22. The Bertz CT molecular complexity index is 2180. The van der Waals surface area contributed by atoms with Gasteiger partial charge in [-0.3, -0.25) is 0 Å². The molecule has 0 aliphatic carbocycles. The van der Waals surface area contributed by atoms with Crippen molar-refractivity contribution in [1.82, 2.24) is 9.97 Å². The number of ether oxygens (including phenoxy) is 4. The van der Waals surface area contributed by atoms with Crippen LogP contribution >= 0.6 is 22.9 Å². The number of rotatable bonds is 6. The van der Waals surface area contributed by atoms with E-state index < -0.39 is 18.2 Å². The number of carboxylic acid groups (broad SMARTS) is 1. The highest BCUT2D eigenvalue weighted by atomic mass is 35.5. The van der Waals surface area contributed by atoms with Crippen LogP contribution < -0.4 is 18.9 Å². The minimum atomic E-state index is -1.40. The van der Waals surface area contributed by atoms with Gasteiger partial charge in [0.25, 0.3) is 0 Å². The van der Waals surface area contributed by atoms with E-state index in [0.29, 0.717) is 60.3 Å². The topological polar surface area (TPSA) is 120 Å². The van der Waals surface area contributed by atoms with Crippen molar-refractivity contribution in [2.24, 2.45) is 0 Å². The van der Waals surface area contributed by atoms with Gasteiger partial charge in [-0.15, -0.1) is 11.3 Å². The summed E-state index contributed by atoms with van der Waals surface area (Å²) in [6.45, 7) is 1.69. The van der Waals surface area contributed by atoms with Crippen molar-refractivity contribution >= 4 is 39.1 Å². The van der Waals surface area contributed by atoms with Gasteiger partial charge in [0.2, 0.25) is 12.0 Å². The molecular weight excluding hydrogens is 683 g/mol. The zero-order chi connectivity index (χ0) is 34.8. The van der Waals surface area contributed by atoms with Crippen LogP contribution in [0.4, 0.5) is 4.39 Å². The SMILES string of the molecule is Cc1c2ccc(c1Cl)O[C@H](CO)COc1ccc(OCc3ccccc3)c(c1)C[C@H](C(=O)O)Oc1ncnc3sc(-c4ccc(F)cc4)c-2c13. The zero-order valence-corrected chi connectivity index (χ0v) is 28.2. The van der Waals surface area contributed by atoms with E-state index in [-0.39, 0.29) is 37.9 Å². The van der Waals surface area contributed by atoms with Crippen molar-refractivity contribution in [2.75, 3.05) is 13.2 Å². The third kappa shape index (κ3) is 6.80. The maximum atomic E-state index is 14.0. The minimum absolute atomic E-state index is 0.0307. The van der Waals surface area contributed by atoms with E-state index in [4.69, 9.17) is 30.5 Å². The molecule has 2 aromatic heterocycles. The third-order valence-corrected chi connectivity index (χ3v) is 9.93. The molecule has 9 nitrogen and oxygen atoms in total. The van der Waals surface area contributed by atoms with E-state index in [1.54, 1.807) is 36.4 Å². The Balaban J connectivity index is 1.40. The lowest BCUT2D eigenvalue weighted by Gasteiger charge is -2.21. The summed E-state index contributed by atoms with van der Waals surface area (Å²) in [6.07, 6.45) is -0.966. The lowest BCUT2D eigenvalue weighted by Crippen LogP contribution is -2.30. The molecule has 0 amide bonds. The summed E-state index contributed by atoms with van der Waals surface area (Å²) < 4.78 is 38.7. The van der Waals surface area contributed by atoms with E-state index in [9.17, 15) is 19.4 Å². The molecule has 12 heteroatoms. The maximum absolute atomic E-state index is 14.0. The number of thiophene rings is 1. The van der Waals surface area contributed by atoms with Crippen LogP contribution in [-0.4, -0.2) is 51.6 Å². The second-order valence-corrected chi connectivity index (χ2v) is 13.0. The first-order valence-electron chi connectivity index (χ1n) is 15.7. The summed E-state index contributed by atoms with van der Waals surface area (Å²) in [7, 11) is 0. The molecular formula is C38H30ClFN2O7S. The van der Waals surface area contributed by atoms with Gasteiger partial charge in [0.05, 0.1) is 17.0 Å². The molecule has 4 heterocycles. The molecule has 0 spiro atoms. The highest BCUT2D eigenvalue weighted by Crippen LogP contribution is 2.49. The van der Waals surface area contributed by atoms with Gasteiger partial charge in [0.15, 0.2) is 6.10 Å². The number of fused-ring (bicyclic) bond motifs is 7. The number of carboxylic acids is 1. The number of aliphatic hydroxyl groups is 1. The predicted octanol–water partition coefficient (Wildman–Crippen LogP) is 7.91. The minimum Gasteiger partial charge on any atom is -0.490 e. The van der Waals surface area contributed by atoms with Gasteiger partial charge in [-0.25, -0.2) is 19.2 Å². The van der Waals surface area contributed by atoms with Gasteiger partial charge in [0.1, 0.15) is 47.4 Å². The molecule has 50 heavy (non-hydrogen) atoms. The Morgan fingerprint density at radius 2 is 1.84 bits per heavy atom. The average Bonchev–Trinajstić information content (AvgIpc) is 3.51. The summed E-state index contributed by atoms with van der Waals surface area (Å²) in [5.74, 6) is -0.349. The monoisotopic (exact) mass is 712 g/mol. The van der Waals surface area contributed by atoms with E-state index >= 15 is 0 Å². The normalized spacial score (nSPS) is 15.8. The van der Waals surface area contributed by atoms with Crippen LogP contribution in [0, 0.1) is 12.7 Å². The van der Waals surface area contributed by atoms with Crippen molar-refractivity contribution in [3.8, 4) is 44.7 Å².